The van der Waals surface area contributed by atoms with Gasteiger partial charge in [-0.25, -0.2) is 4.79 Å². The van der Waals surface area contributed by atoms with Crippen LogP contribution in [0.5, 0.6) is 5.75 Å². The van der Waals surface area contributed by atoms with Crippen molar-refractivity contribution in [3.63, 3.8) is 0 Å². The topological polar surface area (TPSA) is 76.1 Å². The number of carbonyl (C=O) groups is 2. The van der Waals surface area contributed by atoms with E-state index in [1.807, 2.05) is 4.90 Å². The van der Waals surface area contributed by atoms with Gasteiger partial charge in [-0.15, -0.1) is 0 Å². The highest BCUT2D eigenvalue weighted by Gasteiger charge is 2.51. The number of benzene rings is 2. The van der Waals surface area contributed by atoms with Gasteiger partial charge in [0.1, 0.15) is 11.4 Å². The number of likely N-dealkylation sites (tertiary alicyclic amines) is 1. The molecule has 32 heavy (non-hydrogen) atoms. The van der Waals surface area contributed by atoms with E-state index in [-0.39, 0.29) is 41.1 Å². The first-order chi connectivity index (χ1) is 15.2. The number of aryl methyl sites for hydroxylation is 1. The molecule has 3 aliphatic rings. The molecule has 1 N–H and O–H groups in total. The Morgan fingerprint density at radius 1 is 1.09 bits per heavy atom. The lowest BCUT2D eigenvalue weighted by atomic mass is 9.70. The van der Waals surface area contributed by atoms with Crippen LogP contribution >= 0.6 is 0 Å². The van der Waals surface area contributed by atoms with Crippen molar-refractivity contribution in [3.8, 4) is 5.75 Å². The zero-order chi connectivity index (χ0) is 22.6. The summed E-state index contributed by atoms with van der Waals surface area (Å²) in [6.45, 7) is 7.62. The fourth-order valence-corrected chi connectivity index (χ4v) is 5.53. The minimum atomic E-state index is -0.993. The van der Waals surface area contributed by atoms with Gasteiger partial charge in [0.15, 0.2) is 0 Å². The van der Waals surface area contributed by atoms with Crippen molar-refractivity contribution < 1.29 is 24.2 Å². The van der Waals surface area contributed by atoms with Crippen LogP contribution in [0.25, 0.3) is 0 Å². The van der Waals surface area contributed by atoms with E-state index in [4.69, 9.17) is 14.6 Å². The summed E-state index contributed by atoms with van der Waals surface area (Å²) < 4.78 is 13.1. The first-order valence-corrected chi connectivity index (χ1v) is 11.3. The number of hydrogen-bond acceptors (Lipinski definition) is 4. The highest BCUT2D eigenvalue weighted by Crippen LogP contribution is 2.53. The average Bonchev–Trinajstić information content (AvgIpc) is 2.77. The van der Waals surface area contributed by atoms with Crippen LogP contribution in [-0.2, 0) is 4.74 Å². The minimum Gasteiger partial charge on any atom is -0.487 e. The Morgan fingerprint density at radius 3 is 2.53 bits per heavy atom. The number of fused-ring (bicyclic) bond motifs is 4. The monoisotopic (exact) mass is 435 g/mol. The molecule has 0 bridgehead atoms. The number of hydrogen-bond donors (Lipinski definition) is 1. The number of carbonyl (C=O) groups excluding carboxylic acids is 1. The van der Waals surface area contributed by atoms with E-state index in [0.717, 1.165) is 24.2 Å². The van der Waals surface area contributed by atoms with Crippen LogP contribution in [-0.4, -0.2) is 46.7 Å². The number of aromatic carboxylic acids is 1. The summed E-state index contributed by atoms with van der Waals surface area (Å²) in [5.41, 5.74) is 2.66. The molecule has 6 nitrogen and oxygen atoms in total. The smallest absolute Gasteiger partial charge is 0.335 e. The van der Waals surface area contributed by atoms with Crippen LogP contribution in [0.4, 0.5) is 0 Å². The van der Waals surface area contributed by atoms with Crippen molar-refractivity contribution in [2.75, 3.05) is 13.1 Å². The molecule has 2 aromatic carbocycles. The van der Waals surface area contributed by atoms with Gasteiger partial charge < -0.3 is 19.5 Å². The first kappa shape index (κ1) is 21.0. The SMILES string of the molecule is Cc1ccc2c(c1)OC(C)(C)[C@H]1C[C@@H]3CN(C(=O)c4ccc(C(=O)O)cc4)CC[C@@H]3O[C@H]21. The third-order valence-electron chi connectivity index (χ3n) is 7.32. The van der Waals surface area contributed by atoms with E-state index in [1.165, 1.54) is 17.7 Å². The van der Waals surface area contributed by atoms with Crippen LogP contribution < -0.4 is 4.74 Å². The van der Waals surface area contributed by atoms with Crippen molar-refractivity contribution in [1.29, 1.82) is 0 Å². The minimum absolute atomic E-state index is 0.0152. The molecule has 3 heterocycles. The number of piperidine rings is 1. The summed E-state index contributed by atoms with van der Waals surface area (Å²) in [7, 11) is 0. The predicted octanol–water partition coefficient (Wildman–Crippen LogP) is 4.47. The summed E-state index contributed by atoms with van der Waals surface area (Å²) in [5.74, 6) is 0.341. The Kier molecular flexibility index (Phi) is 5.01. The second-order valence-corrected chi connectivity index (χ2v) is 9.87. The normalized spacial score (nSPS) is 28.0. The van der Waals surface area contributed by atoms with Crippen molar-refractivity contribution in [1.82, 2.24) is 4.90 Å². The number of ether oxygens (including phenoxy) is 2. The quantitative estimate of drug-likeness (QED) is 0.753. The molecule has 0 unspecified atom stereocenters. The number of rotatable bonds is 2. The van der Waals surface area contributed by atoms with Crippen molar-refractivity contribution in [2.24, 2.45) is 11.8 Å². The molecule has 6 heteroatoms. The lowest BCUT2D eigenvalue weighted by Crippen LogP contribution is -2.56. The number of carboxylic acid groups (broad SMARTS) is 1. The molecule has 4 atom stereocenters. The van der Waals surface area contributed by atoms with Crippen molar-refractivity contribution >= 4 is 11.9 Å². The molecule has 0 radical (unpaired) electrons. The molecule has 2 fully saturated rings. The van der Waals surface area contributed by atoms with Gasteiger partial charge >= 0.3 is 5.97 Å². The third kappa shape index (κ3) is 3.56. The largest absolute Gasteiger partial charge is 0.487 e. The maximum Gasteiger partial charge on any atom is 0.335 e. The third-order valence-corrected chi connectivity index (χ3v) is 7.32. The van der Waals surface area contributed by atoms with Gasteiger partial charge in [-0.3, -0.25) is 4.79 Å². The van der Waals surface area contributed by atoms with Gasteiger partial charge in [0.2, 0.25) is 0 Å². The van der Waals surface area contributed by atoms with Crippen LogP contribution in [0.1, 0.15) is 64.6 Å². The first-order valence-electron chi connectivity index (χ1n) is 11.3. The lowest BCUT2D eigenvalue weighted by molar-refractivity contribution is -0.184. The summed E-state index contributed by atoms with van der Waals surface area (Å²) in [6.07, 6.45) is 1.88. The molecule has 2 saturated heterocycles. The molecular formula is C26H29NO5. The maximum absolute atomic E-state index is 13.1. The van der Waals surface area contributed by atoms with Gasteiger partial charge in [-0.1, -0.05) is 12.1 Å². The fraction of sp³-hybridized carbons (Fsp3) is 0.462. The predicted molar refractivity (Wildman–Crippen MR) is 119 cm³/mol. The Morgan fingerprint density at radius 2 is 1.81 bits per heavy atom. The van der Waals surface area contributed by atoms with Gasteiger partial charge in [0.25, 0.3) is 5.91 Å². The van der Waals surface area contributed by atoms with Crippen LogP contribution in [0, 0.1) is 18.8 Å². The molecule has 0 saturated carbocycles. The van der Waals surface area contributed by atoms with Gasteiger partial charge in [0.05, 0.1) is 17.8 Å². The summed E-state index contributed by atoms with van der Waals surface area (Å²) in [6, 6.07) is 12.5. The number of amides is 1. The Bertz CT molecular complexity index is 1060. The highest BCUT2D eigenvalue weighted by atomic mass is 16.5. The molecule has 0 aromatic heterocycles. The highest BCUT2D eigenvalue weighted by molar-refractivity contribution is 5.96. The molecular weight excluding hydrogens is 406 g/mol. The standard InChI is InChI=1S/C26H29NO5/c1-15-4-9-19-22(12-15)32-26(2,3)20-13-18-14-27(11-10-21(18)31-23(19)20)24(28)16-5-7-17(8-6-16)25(29)30/h4-9,12,18,20-21,23H,10-11,13-14H2,1-3H3,(H,29,30)/t18-,20+,21+,23-/m1/s1. The molecule has 168 valence electrons. The Labute approximate surface area is 188 Å². The van der Waals surface area contributed by atoms with E-state index in [9.17, 15) is 9.59 Å². The second-order valence-electron chi connectivity index (χ2n) is 9.87. The van der Waals surface area contributed by atoms with Gasteiger partial charge in [-0.2, -0.15) is 0 Å². The molecule has 1 amide bonds. The van der Waals surface area contributed by atoms with E-state index in [1.54, 1.807) is 12.1 Å². The molecule has 3 aliphatic heterocycles. The van der Waals surface area contributed by atoms with Gasteiger partial charge in [-0.05, 0) is 69.5 Å². The lowest BCUT2D eigenvalue weighted by Gasteiger charge is -2.53. The zero-order valence-corrected chi connectivity index (χ0v) is 18.7. The molecule has 0 aliphatic carbocycles. The van der Waals surface area contributed by atoms with E-state index in [0.29, 0.717) is 18.7 Å². The van der Waals surface area contributed by atoms with Crippen LogP contribution in [0.2, 0.25) is 0 Å². The fourth-order valence-electron chi connectivity index (χ4n) is 5.53. The van der Waals surface area contributed by atoms with Crippen molar-refractivity contribution in [2.45, 2.75) is 51.4 Å². The Hall–Kier alpha value is -2.86. The number of carboxylic acids is 1. The zero-order valence-electron chi connectivity index (χ0n) is 18.7. The Balaban J connectivity index is 1.34. The number of nitrogens with zero attached hydrogens (tertiary/aromatic N) is 1. The van der Waals surface area contributed by atoms with Gasteiger partial charge in [0, 0.05) is 36.1 Å². The molecule has 5 rings (SSSR count). The molecule has 0 spiro atoms. The molecule has 2 aromatic rings. The summed E-state index contributed by atoms with van der Waals surface area (Å²) in [5, 5.41) is 9.08. The summed E-state index contributed by atoms with van der Waals surface area (Å²) in [4.78, 5) is 26.0. The van der Waals surface area contributed by atoms with E-state index >= 15 is 0 Å². The van der Waals surface area contributed by atoms with E-state index < -0.39 is 5.97 Å². The van der Waals surface area contributed by atoms with Crippen LogP contribution in [0.15, 0.2) is 42.5 Å². The average molecular weight is 436 g/mol. The van der Waals surface area contributed by atoms with Crippen molar-refractivity contribution in [3.05, 3.63) is 64.7 Å². The second kappa shape index (κ2) is 7.62. The summed E-state index contributed by atoms with van der Waals surface area (Å²) >= 11 is 0. The van der Waals surface area contributed by atoms with E-state index in [2.05, 4.69) is 39.0 Å². The van der Waals surface area contributed by atoms with Crippen LogP contribution in [0.3, 0.4) is 0 Å². The maximum atomic E-state index is 13.1.